The van der Waals surface area contributed by atoms with Crippen LogP contribution in [0.1, 0.15) is 17.5 Å². The highest BCUT2D eigenvalue weighted by Crippen LogP contribution is 2.40. The van der Waals surface area contributed by atoms with Crippen molar-refractivity contribution < 1.29 is 18.0 Å². The van der Waals surface area contributed by atoms with Gasteiger partial charge >= 0.3 is 6.18 Å². The summed E-state index contributed by atoms with van der Waals surface area (Å²) in [7, 11) is 0. The van der Waals surface area contributed by atoms with E-state index in [0.717, 1.165) is 6.07 Å². The van der Waals surface area contributed by atoms with Gasteiger partial charge < -0.3 is 11.1 Å². The first-order valence-electron chi connectivity index (χ1n) is 5.55. The number of hydrogen-bond donors (Lipinski definition) is 2. The molecular weight excluding hydrogens is 245 g/mol. The molecule has 18 heavy (non-hydrogen) atoms. The number of benzene rings is 1. The molecule has 1 aromatic rings. The lowest BCUT2D eigenvalue weighted by Gasteiger charge is -2.28. The topological polar surface area (TPSA) is 55.1 Å². The second kappa shape index (κ2) is 4.28. The molecule has 1 aliphatic heterocycles. The monoisotopic (exact) mass is 258 g/mol. The van der Waals surface area contributed by atoms with E-state index >= 15 is 0 Å². The largest absolute Gasteiger partial charge is 0.416 e. The molecular formula is C12H13F3N2O. The fourth-order valence-electron chi connectivity index (χ4n) is 2.41. The van der Waals surface area contributed by atoms with Crippen molar-refractivity contribution in [2.75, 3.05) is 13.1 Å². The van der Waals surface area contributed by atoms with E-state index in [1.54, 1.807) is 0 Å². The van der Waals surface area contributed by atoms with E-state index in [9.17, 15) is 18.0 Å². The molecule has 1 unspecified atom stereocenters. The zero-order valence-corrected chi connectivity index (χ0v) is 9.55. The highest BCUT2D eigenvalue weighted by Gasteiger charge is 2.46. The molecule has 1 aliphatic rings. The second-order valence-corrected chi connectivity index (χ2v) is 4.42. The minimum absolute atomic E-state index is 0.0324. The van der Waals surface area contributed by atoms with Gasteiger partial charge in [0.25, 0.3) is 0 Å². The van der Waals surface area contributed by atoms with E-state index in [-0.39, 0.29) is 18.5 Å². The van der Waals surface area contributed by atoms with Crippen molar-refractivity contribution in [3.63, 3.8) is 0 Å². The number of alkyl halides is 3. The number of carbonyl (C=O) groups is 1. The standard InChI is InChI=1S/C12H13F3N2O/c13-12(14,15)9-4-2-1-3-8(9)11(10(16)18)5-6-17-7-11/h1-4,17H,5-7H2,(H2,16,18). The molecule has 1 saturated heterocycles. The first-order valence-corrected chi connectivity index (χ1v) is 5.55. The van der Waals surface area contributed by atoms with Crippen molar-refractivity contribution in [3.05, 3.63) is 35.4 Å². The number of primary amides is 1. The second-order valence-electron chi connectivity index (χ2n) is 4.42. The summed E-state index contributed by atoms with van der Waals surface area (Å²) in [5.74, 6) is -0.718. The number of carbonyl (C=O) groups excluding carboxylic acids is 1. The van der Waals surface area contributed by atoms with Crippen LogP contribution >= 0.6 is 0 Å². The molecule has 1 fully saturated rings. The molecule has 3 nitrogen and oxygen atoms in total. The van der Waals surface area contributed by atoms with Crippen LogP contribution < -0.4 is 11.1 Å². The summed E-state index contributed by atoms with van der Waals surface area (Å²) in [6.45, 7) is 0.630. The maximum absolute atomic E-state index is 13.0. The van der Waals surface area contributed by atoms with Gasteiger partial charge in [-0.2, -0.15) is 13.2 Å². The summed E-state index contributed by atoms with van der Waals surface area (Å²) in [5, 5.41) is 2.90. The van der Waals surface area contributed by atoms with Gasteiger partial charge in [0.05, 0.1) is 11.0 Å². The molecule has 1 aromatic carbocycles. The van der Waals surface area contributed by atoms with Gasteiger partial charge in [0, 0.05) is 6.54 Å². The Kier molecular flexibility index (Phi) is 3.06. The maximum Gasteiger partial charge on any atom is 0.416 e. The Morgan fingerprint density at radius 1 is 1.33 bits per heavy atom. The molecule has 98 valence electrons. The van der Waals surface area contributed by atoms with E-state index in [2.05, 4.69) is 5.32 Å². The molecule has 1 amide bonds. The average Bonchev–Trinajstić information content (AvgIpc) is 2.78. The van der Waals surface area contributed by atoms with Crippen molar-refractivity contribution in [1.29, 1.82) is 0 Å². The van der Waals surface area contributed by atoms with Crippen molar-refractivity contribution in [3.8, 4) is 0 Å². The fourth-order valence-corrected chi connectivity index (χ4v) is 2.41. The lowest BCUT2D eigenvalue weighted by atomic mass is 9.76. The fraction of sp³-hybridized carbons (Fsp3) is 0.417. The van der Waals surface area contributed by atoms with Crippen molar-refractivity contribution in [2.24, 2.45) is 5.73 Å². The third kappa shape index (κ3) is 1.96. The van der Waals surface area contributed by atoms with Gasteiger partial charge in [0.1, 0.15) is 0 Å². The Morgan fingerprint density at radius 3 is 2.50 bits per heavy atom. The summed E-state index contributed by atoms with van der Waals surface area (Å²) in [6.07, 6.45) is -4.20. The van der Waals surface area contributed by atoms with E-state index < -0.39 is 23.1 Å². The molecule has 0 aliphatic carbocycles. The molecule has 0 saturated carbocycles. The number of rotatable bonds is 2. The Bertz CT molecular complexity index is 465. The molecule has 0 aromatic heterocycles. The predicted molar refractivity (Wildman–Crippen MR) is 59.8 cm³/mol. The minimum atomic E-state index is -4.48. The summed E-state index contributed by atoms with van der Waals surface area (Å²) in [5.41, 5.74) is 3.26. The van der Waals surface area contributed by atoms with Crippen LogP contribution in [0, 0.1) is 0 Å². The zero-order valence-electron chi connectivity index (χ0n) is 9.55. The van der Waals surface area contributed by atoms with Crippen LogP contribution in [0.5, 0.6) is 0 Å². The van der Waals surface area contributed by atoms with E-state index in [1.807, 2.05) is 0 Å². The molecule has 2 rings (SSSR count). The van der Waals surface area contributed by atoms with Crippen molar-refractivity contribution >= 4 is 5.91 Å². The zero-order chi connectivity index (χ0) is 13.4. The van der Waals surface area contributed by atoms with Gasteiger partial charge in [-0.1, -0.05) is 18.2 Å². The van der Waals surface area contributed by atoms with Crippen LogP contribution in [0.3, 0.4) is 0 Å². The maximum atomic E-state index is 13.0. The number of halogens is 3. The van der Waals surface area contributed by atoms with Crippen LogP contribution in [0.2, 0.25) is 0 Å². The average molecular weight is 258 g/mol. The van der Waals surface area contributed by atoms with Gasteiger partial charge in [-0.05, 0) is 24.6 Å². The molecule has 1 heterocycles. The van der Waals surface area contributed by atoms with Gasteiger partial charge in [-0.15, -0.1) is 0 Å². The van der Waals surface area contributed by atoms with Crippen LogP contribution in [-0.4, -0.2) is 19.0 Å². The first-order chi connectivity index (χ1) is 8.38. The molecule has 3 N–H and O–H groups in total. The summed E-state index contributed by atoms with van der Waals surface area (Å²) in [4.78, 5) is 11.6. The van der Waals surface area contributed by atoms with Gasteiger partial charge in [-0.3, -0.25) is 4.79 Å². The van der Waals surface area contributed by atoms with Gasteiger partial charge in [-0.25, -0.2) is 0 Å². The van der Waals surface area contributed by atoms with Crippen LogP contribution in [0.25, 0.3) is 0 Å². The Balaban J connectivity index is 2.59. The SMILES string of the molecule is NC(=O)C1(c2ccccc2C(F)(F)F)CCNC1. The summed E-state index contributed by atoms with van der Waals surface area (Å²) < 4.78 is 38.9. The Hall–Kier alpha value is -1.56. The molecule has 0 radical (unpaired) electrons. The first kappa shape index (κ1) is 12.9. The summed E-state index contributed by atoms with van der Waals surface area (Å²) in [6, 6.07) is 5.12. The van der Waals surface area contributed by atoms with Gasteiger partial charge in [0.15, 0.2) is 0 Å². The predicted octanol–water partition coefficient (Wildman–Crippen LogP) is 1.42. The lowest BCUT2D eigenvalue weighted by Crippen LogP contribution is -2.44. The number of hydrogen-bond acceptors (Lipinski definition) is 2. The number of nitrogens with two attached hydrogens (primary N) is 1. The smallest absolute Gasteiger partial charge is 0.369 e. The third-order valence-corrected chi connectivity index (χ3v) is 3.38. The van der Waals surface area contributed by atoms with E-state index in [4.69, 9.17) is 5.73 Å². The number of amides is 1. The third-order valence-electron chi connectivity index (χ3n) is 3.38. The summed E-state index contributed by atoms with van der Waals surface area (Å²) >= 11 is 0. The molecule has 1 atom stereocenters. The van der Waals surface area contributed by atoms with Crippen LogP contribution in [-0.2, 0) is 16.4 Å². The Labute approximate surface area is 102 Å². The Morgan fingerprint density at radius 2 is 2.00 bits per heavy atom. The quantitative estimate of drug-likeness (QED) is 0.843. The molecule has 0 bridgehead atoms. The van der Waals surface area contributed by atoms with Crippen LogP contribution in [0.15, 0.2) is 24.3 Å². The van der Waals surface area contributed by atoms with Crippen LogP contribution in [0.4, 0.5) is 13.2 Å². The normalized spacial score (nSPS) is 24.2. The highest BCUT2D eigenvalue weighted by atomic mass is 19.4. The van der Waals surface area contributed by atoms with Gasteiger partial charge in [0.2, 0.25) is 5.91 Å². The van der Waals surface area contributed by atoms with Crippen molar-refractivity contribution in [1.82, 2.24) is 5.32 Å². The van der Waals surface area contributed by atoms with E-state index in [1.165, 1.54) is 18.2 Å². The van der Waals surface area contributed by atoms with Crippen molar-refractivity contribution in [2.45, 2.75) is 18.0 Å². The highest BCUT2D eigenvalue weighted by molar-refractivity contribution is 5.88. The lowest BCUT2D eigenvalue weighted by molar-refractivity contribution is -0.139. The molecule has 0 spiro atoms. The molecule has 6 heteroatoms. The van der Waals surface area contributed by atoms with E-state index in [0.29, 0.717) is 6.54 Å². The number of nitrogens with one attached hydrogen (secondary N) is 1. The minimum Gasteiger partial charge on any atom is -0.369 e.